The molecule has 0 radical (unpaired) electrons. The molecule has 0 amide bonds. The van der Waals surface area contributed by atoms with E-state index >= 15 is 0 Å². The number of imidazole rings is 1. The van der Waals surface area contributed by atoms with E-state index in [2.05, 4.69) is 20.4 Å². The SMILES string of the molecule is CCn1c(CS(=O)(=O)c2nnn(C)n2)nc2c(F)cccc21. The lowest BCUT2D eigenvalue weighted by Gasteiger charge is -2.05. The van der Waals surface area contributed by atoms with Crippen molar-refractivity contribution in [3.8, 4) is 0 Å². The highest BCUT2D eigenvalue weighted by molar-refractivity contribution is 7.90. The van der Waals surface area contributed by atoms with Crippen molar-refractivity contribution in [3.63, 3.8) is 0 Å². The second kappa shape index (κ2) is 5.13. The molecule has 0 unspecified atom stereocenters. The normalized spacial score (nSPS) is 12.1. The zero-order chi connectivity index (χ0) is 15.9. The number of halogens is 1. The van der Waals surface area contributed by atoms with Crippen LogP contribution < -0.4 is 0 Å². The lowest BCUT2D eigenvalue weighted by atomic mass is 10.3. The van der Waals surface area contributed by atoms with Crippen LogP contribution in [-0.2, 0) is 29.2 Å². The number of aromatic nitrogens is 6. The molecule has 2 aromatic heterocycles. The van der Waals surface area contributed by atoms with Gasteiger partial charge in [0.25, 0.3) is 5.16 Å². The minimum absolute atomic E-state index is 0.154. The first-order valence-electron chi connectivity index (χ1n) is 6.52. The van der Waals surface area contributed by atoms with Crippen molar-refractivity contribution in [3.05, 3.63) is 29.8 Å². The molecule has 0 fully saturated rings. The third-order valence-electron chi connectivity index (χ3n) is 3.21. The maximum absolute atomic E-state index is 13.8. The second-order valence-electron chi connectivity index (χ2n) is 4.70. The average molecular weight is 324 g/mol. The molecule has 10 heteroatoms. The van der Waals surface area contributed by atoms with Gasteiger partial charge in [-0.05, 0) is 24.3 Å². The van der Waals surface area contributed by atoms with Crippen LogP contribution in [0, 0.1) is 5.82 Å². The molecule has 0 saturated heterocycles. The Kier molecular flexibility index (Phi) is 3.39. The van der Waals surface area contributed by atoms with Crippen LogP contribution in [0.5, 0.6) is 0 Å². The Balaban J connectivity index is 2.09. The van der Waals surface area contributed by atoms with E-state index in [9.17, 15) is 12.8 Å². The van der Waals surface area contributed by atoms with Gasteiger partial charge in [0.2, 0.25) is 9.84 Å². The largest absolute Gasteiger partial charge is 0.327 e. The van der Waals surface area contributed by atoms with Gasteiger partial charge in [-0.3, -0.25) is 0 Å². The monoisotopic (exact) mass is 324 g/mol. The second-order valence-corrected chi connectivity index (χ2v) is 6.58. The predicted molar refractivity (Wildman–Crippen MR) is 75.1 cm³/mol. The van der Waals surface area contributed by atoms with Gasteiger partial charge in [-0.25, -0.2) is 17.8 Å². The molecule has 8 nitrogen and oxygen atoms in total. The Morgan fingerprint density at radius 2 is 2.09 bits per heavy atom. The summed E-state index contributed by atoms with van der Waals surface area (Å²) in [6, 6.07) is 4.55. The Morgan fingerprint density at radius 1 is 1.32 bits per heavy atom. The van der Waals surface area contributed by atoms with E-state index in [1.807, 2.05) is 6.92 Å². The number of para-hydroxylation sites is 1. The molecule has 3 rings (SSSR count). The van der Waals surface area contributed by atoms with E-state index < -0.39 is 21.4 Å². The maximum atomic E-state index is 13.8. The van der Waals surface area contributed by atoms with Crippen LogP contribution in [0.25, 0.3) is 11.0 Å². The smallest absolute Gasteiger partial charge is 0.288 e. The average Bonchev–Trinajstić information content (AvgIpc) is 3.03. The van der Waals surface area contributed by atoms with Crippen LogP contribution in [0.1, 0.15) is 12.7 Å². The number of fused-ring (bicyclic) bond motifs is 1. The number of benzene rings is 1. The first-order chi connectivity index (χ1) is 10.4. The van der Waals surface area contributed by atoms with Gasteiger partial charge in [-0.15, -0.1) is 5.10 Å². The van der Waals surface area contributed by atoms with Crippen molar-refractivity contribution in [2.24, 2.45) is 7.05 Å². The minimum atomic E-state index is -3.80. The summed E-state index contributed by atoms with van der Waals surface area (Å²) in [6.07, 6.45) is 0. The van der Waals surface area contributed by atoms with Crippen LogP contribution in [0.2, 0.25) is 0 Å². The number of tetrazole rings is 1. The minimum Gasteiger partial charge on any atom is -0.327 e. The molecule has 116 valence electrons. The van der Waals surface area contributed by atoms with Gasteiger partial charge in [0.15, 0.2) is 5.82 Å². The summed E-state index contributed by atoms with van der Waals surface area (Å²) in [5, 5.41) is 10.4. The quantitative estimate of drug-likeness (QED) is 0.701. The van der Waals surface area contributed by atoms with Crippen molar-refractivity contribution in [2.45, 2.75) is 24.4 Å². The predicted octanol–water partition coefficient (Wildman–Crippen LogP) is 0.693. The van der Waals surface area contributed by atoms with E-state index in [1.165, 1.54) is 13.1 Å². The Morgan fingerprint density at radius 3 is 2.73 bits per heavy atom. The maximum Gasteiger partial charge on any atom is 0.288 e. The molecule has 0 N–H and O–H groups in total. The number of aryl methyl sites for hydroxylation is 2. The molecule has 0 aliphatic rings. The molecule has 0 bridgehead atoms. The van der Waals surface area contributed by atoms with Crippen molar-refractivity contribution in [1.29, 1.82) is 0 Å². The van der Waals surface area contributed by atoms with Crippen molar-refractivity contribution >= 4 is 20.9 Å². The summed E-state index contributed by atoms with van der Waals surface area (Å²) in [6.45, 7) is 2.31. The molecular weight excluding hydrogens is 311 g/mol. The zero-order valence-corrected chi connectivity index (χ0v) is 12.7. The molecule has 0 saturated carbocycles. The van der Waals surface area contributed by atoms with E-state index in [-0.39, 0.29) is 16.5 Å². The van der Waals surface area contributed by atoms with Gasteiger partial charge in [-0.2, -0.15) is 4.80 Å². The Labute approximate surface area is 125 Å². The number of nitrogens with zero attached hydrogens (tertiary/aromatic N) is 6. The topological polar surface area (TPSA) is 95.6 Å². The first-order valence-corrected chi connectivity index (χ1v) is 8.18. The van der Waals surface area contributed by atoms with Gasteiger partial charge in [0, 0.05) is 6.54 Å². The zero-order valence-electron chi connectivity index (χ0n) is 11.9. The molecule has 1 aromatic carbocycles. The highest BCUT2D eigenvalue weighted by Gasteiger charge is 2.25. The van der Waals surface area contributed by atoms with E-state index in [1.54, 1.807) is 16.7 Å². The summed E-state index contributed by atoms with van der Waals surface area (Å²) in [4.78, 5) is 5.19. The van der Waals surface area contributed by atoms with Crippen LogP contribution in [0.4, 0.5) is 4.39 Å². The third kappa shape index (κ3) is 2.34. The van der Waals surface area contributed by atoms with Gasteiger partial charge < -0.3 is 4.57 Å². The fourth-order valence-corrected chi connectivity index (χ4v) is 3.34. The Hall–Kier alpha value is -2.36. The molecule has 2 heterocycles. The van der Waals surface area contributed by atoms with Crippen LogP contribution in [0.15, 0.2) is 23.4 Å². The summed E-state index contributed by atoms with van der Waals surface area (Å²) in [5.74, 6) is -0.656. The molecule has 0 atom stereocenters. The molecular formula is C12H13FN6O2S. The van der Waals surface area contributed by atoms with Gasteiger partial charge in [0.1, 0.15) is 17.1 Å². The summed E-state index contributed by atoms with van der Waals surface area (Å²) in [7, 11) is -2.32. The highest BCUT2D eigenvalue weighted by atomic mass is 32.2. The molecule has 0 aliphatic heterocycles. The van der Waals surface area contributed by atoms with E-state index in [4.69, 9.17) is 0 Å². The van der Waals surface area contributed by atoms with E-state index in [0.717, 1.165) is 4.80 Å². The van der Waals surface area contributed by atoms with Crippen LogP contribution in [-0.4, -0.2) is 38.2 Å². The third-order valence-corrected chi connectivity index (χ3v) is 4.57. The van der Waals surface area contributed by atoms with Crippen molar-refractivity contribution in [2.75, 3.05) is 0 Å². The summed E-state index contributed by atoms with van der Waals surface area (Å²) < 4.78 is 40.1. The number of hydrogen-bond donors (Lipinski definition) is 0. The first kappa shape index (κ1) is 14.6. The number of hydrogen-bond acceptors (Lipinski definition) is 6. The molecule has 3 aromatic rings. The van der Waals surface area contributed by atoms with Gasteiger partial charge in [-0.1, -0.05) is 11.2 Å². The lowest BCUT2D eigenvalue weighted by Crippen LogP contribution is -2.12. The van der Waals surface area contributed by atoms with Crippen molar-refractivity contribution < 1.29 is 12.8 Å². The standard InChI is InChI=1S/C12H13FN6O2S/c1-3-19-9-6-4-5-8(13)11(9)14-10(19)7-22(20,21)12-15-17-18(2)16-12/h4-6H,3,7H2,1-2H3. The molecule has 22 heavy (non-hydrogen) atoms. The fourth-order valence-electron chi connectivity index (χ4n) is 2.25. The number of rotatable bonds is 4. The number of sulfone groups is 1. The van der Waals surface area contributed by atoms with E-state index in [0.29, 0.717) is 12.1 Å². The van der Waals surface area contributed by atoms with Crippen LogP contribution >= 0.6 is 0 Å². The summed E-state index contributed by atoms with van der Waals surface area (Å²) in [5.41, 5.74) is 0.710. The van der Waals surface area contributed by atoms with Gasteiger partial charge >= 0.3 is 0 Å². The van der Waals surface area contributed by atoms with Crippen LogP contribution in [0.3, 0.4) is 0 Å². The lowest BCUT2D eigenvalue weighted by molar-refractivity contribution is 0.578. The van der Waals surface area contributed by atoms with Gasteiger partial charge in [0.05, 0.1) is 12.6 Å². The highest BCUT2D eigenvalue weighted by Crippen LogP contribution is 2.21. The molecule has 0 aliphatic carbocycles. The van der Waals surface area contributed by atoms with Crippen molar-refractivity contribution in [1.82, 2.24) is 29.8 Å². The Bertz CT molecular complexity index is 946. The summed E-state index contributed by atoms with van der Waals surface area (Å²) >= 11 is 0. The fraction of sp³-hybridized carbons (Fsp3) is 0.333. The molecule has 0 spiro atoms.